The zero-order chi connectivity index (χ0) is 14.6. The SMILES string of the molecule is CC(C)C(CNC(=O)N1CCC(N(C)C)C1)C(=O)O. The Kier molecular flexibility index (Phi) is 5.60. The lowest BCUT2D eigenvalue weighted by Gasteiger charge is -2.22. The van der Waals surface area contributed by atoms with Crippen molar-refractivity contribution in [3.63, 3.8) is 0 Å². The summed E-state index contributed by atoms with van der Waals surface area (Å²) in [6, 6.07) is 0.238. The number of nitrogens with one attached hydrogen (secondary N) is 1. The molecule has 1 heterocycles. The Labute approximate surface area is 114 Å². The summed E-state index contributed by atoms with van der Waals surface area (Å²) in [4.78, 5) is 26.9. The van der Waals surface area contributed by atoms with Crippen molar-refractivity contribution in [1.29, 1.82) is 0 Å². The van der Waals surface area contributed by atoms with E-state index in [2.05, 4.69) is 10.2 Å². The molecule has 6 nitrogen and oxygen atoms in total. The summed E-state index contributed by atoms with van der Waals surface area (Å²) < 4.78 is 0. The summed E-state index contributed by atoms with van der Waals surface area (Å²) in [5, 5.41) is 11.8. The number of likely N-dealkylation sites (tertiary alicyclic amines) is 1. The summed E-state index contributed by atoms with van der Waals surface area (Å²) >= 11 is 0. The first-order valence-electron chi connectivity index (χ1n) is 6.75. The number of carbonyl (C=O) groups excluding carboxylic acids is 1. The van der Waals surface area contributed by atoms with E-state index >= 15 is 0 Å². The fourth-order valence-corrected chi connectivity index (χ4v) is 2.27. The highest BCUT2D eigenvalue weighted by Gasteiger charge is 2.28. The van der Waals surface area contributed by atoms with E-state index in [0.29, 0.717) is 12.6 Å². The van der Waals surface area contributed by atoms with Crippen LogP contribution in [-0.2, 0) is 4.79 Å². The molecular formula is C13H25N3O3. The van der Waals surface area contributed by atoms with Crippen LogP contribution >= 0.6 is 0 Å². The molecular weight excluding hydrogens is 246 g/mol. The molecule has 0 aromatic rings. The van der Waals surface area contributed by atoms with E-state index in [9.17, 15) is 9.59 Å². The predicted molar refractivity (Wildman–Crippen MR) is 73.0 cm³/mol. The topological polar surface area (TPSA) is 72.9 Å². The number of likely N-dealkylation sites (N-methyl/N-ethyl adjacent to an activating group) is 1. The molecule has 2 unspecified atom stereocenters. The molecule has 0 aromatic heterocycles. The molecule has 19 heavy (non-hydrogen) atoms. The highest BCUT2D eigenvalue weighted by molar-refractivity contribution is 5.76. The maximum absolute atomic E-state index is 12.0. The van der Waals surface area contributed by atoms with Gasteiger partial charge in [-0.15, -0.1) is 0 Å². The van der Waals surface area contributed by atoms with E-state index in [1.165, 1.54) is 0 Å². The van der Waals surface area contributed by atoms with Gasteiger partial charge in [-0.2, -0.15) is 0 Å². The van der Waals surface area contributed by atoms with Crippen LogP contribution in [0.3, 0.4) is 0 Å². The first-order valence-corrected chi connectivity index (χ1v) is 6.75. The van der Waals surface area contributed by atoms with Crippen molar-refractivity contribution < 1.29 is 14.7 Å². The summed E-state index contributed by atoms with van der Waals surface area (Å²) in [6.07, 6.45) is 0.965. The van der Waals surface area contributed by atoms with Crippen LogP contribution in [0.1, 0.15) is 20.3 Å². The van der Waals surface area contributed by atoms with Gasteiger partial charge in [0.1, 0.15) is 0 Å². The highest BCUT2D eigenvalue weighted by Crippen LogP contribution is 2.14. The fourth-order valence-electron chi connectivity index (χ4n) is 2.27. The number of carbonyl (C=O) groups is 2. The van der Waals surface area contributed by atoms with E-state index in [1.807, 2.05) is 27.9 Å². The van der Waals surface area contributed by atoms with Gasteiger partial charge in [-0.05, 0) is 26.4 Å². The van der Waals surface area contributed by atoms with Crippen LogP contribution in [-0.4, -0.2) is 66.7 Å². The van der Waals surface area contributed by atoms with Crippen LogP contribution in [0.2, 0.25) is 0 Å². The van der Waals surface area contributed by atoms with E-state index < -0.39 is 11.9 Å². The van der Waals surface area contributed by atoms with Crippen LogP contribution in [0.25, 0.3) is 0 Å². The molecule has 0 aromatic carbocycles. The molecule has 0 aliphatic carbocycles. The molecule has 2 atom stereocenters. The predicted octanol–water partition coefficient (Wildman–Crippen LogP) is 0.689. The molecule has 1 aliphatic heterocycles. The number of carboxylic acids is 1. The lowest BCUT2D eigenvalue weighted by atomic mass is 9.96. The monoisotopic (exact) mass is 271 g/mol. The average molecular weight is 271 g/mol. The van der Waals surface area contributed by atoms with Gasteiger partial charge in [0.25, 0.3) is 0 Å². The highest BCUT2D eigenvalue weighted by atomic mass is 16.4. The minimum absolute atomic E-state index is 0.00546. The van der Waals surface area contributed by atoms with Crippen molar-refractivity contribution in [3.05, 3.63) is 0 Å². The number of nitrogens with zero attached hydrogens (tertiary/aromatic N) is 2. The first-order chi connectivity index (χ1) is 8.82. The van der Waals surface area contributed by atoms with Crippen molar-refractivity contribution in [2.24, 2.45) is 11.8 Å². The fraction of sp³-hybridized carbons (Fsp3) is 0.846. The second-order valence-electron chi connectivity index (χ2n) is 5.73. The molecule has 1 saturated heterocycles. The normalized spacial score (nSPS) is 20.9. The van der Waals surface area contributed by atoms with Gasteiger partial charge in [-0.25, -0.2) is 4.79 Å². The number of urea groups is 1. The molecule has 110 valence electrons. The van der Waals surface area contributed by atoms with Crippen molar-refractivity contribution in [2.45, 2.75) is 26.3 Å². The minimum atomic E-state index is -0.858. The number of amides is 2. The zero-order valence-corrected chi connectivity index (χ0v) is 12.2. The van der Waals surface area contributed by atoms with Crippen LogP contribution < -0.4 is 5.32 Å². The summed E-state index contributed by atoms with van der Waals surface area (Å²) in [6.45, 7) is 5.33. The van der Waals surface area contributed by atoms with Gasteiger partial charge in [-0.1, -0.05) is 13.8 Å². The Morgan fingerprint density at radius 1 is 1.42 bits per heavy atom. The third-order valence-electron chi connectivity index (χ3n) is 3.78. The molecule has 0 bridgehead atoms. The number of hydrogen-bond acceptors (Lipinski definition) is 3. The first kappa shape index (κ1) is 15.8. The third-order valence-corrected chi connectivity index (χ3v) is 3.78. The molecule has 1 aliphatic rings. The van der Waals surface area contributed by atoms with Gasteiger partial charge in [0.15, 0.2) is 0 Å². The molecule has 0 spiro atoms. The van der Waals surface area contributed by atoms with E-state index in [0.717, 1.165) is 13.0 Å². The van der Waals surface area contributed by atoms with Gasteiger partial charge in [0.05, 0.1) is 5.92 Å². The Morgan fingerprint density at radius 2 is 2.05 bits per heavy atom. The smallest absolute Gasteiger partial charge is 0.317 e. The van der Waals surface area contributed by atoms with Crippen molar-refractivity contribution in [3.8, 4) is 0 Å². The molecule has 6 heteroatoms. The molecule has 1 fully saturated rings. The Hall–Kier alpha value is -1.30. The van der Waals surface area contributed by atoms with E-state index in [4.69, 9.17) is 5.11 Å². The zero-order valence-electron chi connectivity index (χ0n) is 12.2. The summed E-state index contributed by atoms with van der Waals surface area (Å²) in [5.41, 5.74) is 0. The Morgan fingerprint density at radius 3 is 2.47 bits per heavy atom. The lowest BCUT2D eigenvalue weighted by Crippen LogP contribution is -2.44. The van der Waals surface area contributed by atoms with Gasteiger partial charge >= 0.3 is 12.0 Å². The van der Waals surface area contributed by atoms with E-state index in [1.54, 1.807) is 4.90 Å². The lowest BCUT2D eigenvalue weighted by molar-refractivity contribution is -0.142. The number of hydrogen-bond donors (Lipinski definition) is 2. The van der Waals surface area contributed by atoms with Gasteiger partial charge in [-0.3, -0.25) is 4.79 Å². The maximum atomic E-state index is 12.0. The van der Waals surface area contributed by atoms with Gasteiger partial charge < -0.3 is 20.2 Å². The van der Waals surface area contributed by atoms with Gasteiger partial charge in [0, 0.05) is 25.7 Å². The van der Waals surface area contributed by atoms with Crippen molar-refractivity contribution >= 4 is 12.0 Å². The second-order valence-corrected chi connectivity index (χ2v) is 5.73. The molecule has 1 rings (SSSR count). The quantitative estimate of drug-likeness (QED) is 0.771. The van der Waals surface area contributed by atoms with Crippen LogP contribution in [0.15, 0.2) is 0 Å². The largest absolute Gasteiger partial charge is 0.481 e. The standard InChI is InChI=1S/C13H25N3O3/c1-9(2)11(12(17)18)7-14-13(19)16-6-5-10(8-16)15(3)4/h9-11H,5-8H2,1-4H3,(H,14,19)(H,17,18). The van der Waals surface area contributed by atoms with Crippen molar-refractivity contribution in [2.75, 3.05) is 33.7 Å². The molecule has 0 saturated carbocycles. The van der Waals surface area contributed by atoms with Crippen LogP contribution in [0, 0.1) is 11.8 Å². The van der Waals surface area contributed by atoms with Crippen LogP contribution in [0.5, 0.6) is 0 Å². The second kappa shape index (κ2) is 6.75. The Bertz CT molecular complexity index is 331. The summed E-state index contributed by atoms with van der Waals surface area (Å²) in [7, 11) is 4.01. The van der Waals surface area contributed by atoms with Gasteiger partial charge in [0.2, 0.25) is 0 Å². The Balaban J connectivity index is 2.42. The molecule has 2 N–H and O–H groups in total. The average Bonchev–Trinajstić information content (AvgIpc) is 2.77. The summed E-state index contributed by atoms with van der Waals surface area (Å²) in [5.74, 6) is -1.38. The number of rotatable bonds is 5. The number of aliphatic carboxylic acids is 1. The van der Waals surface area contributed by atoms with E-state index in [-0.39, 0.29) is 18.5 Å². The third kappa shape index (κ3) is 4.38. The molecule has 0 radical (unpaired) electrons. The maximum Gasteiger partial charge on any atom is 0.317 e. The van der Waals surface area contributed by atoms with Crippen LogP contribution in [0.4, 0.5) is 4.79 Å². The van der Waals surface area contributed by atoms with Crippen molar-refractivity contribution in [1.82, 2.24) is 15.1 Å². The number of carboxylic acid groups (broad SMARTS) is 1. The molecule has 2 amide bonds. The minimum Gasteiger partial charge on any atom is -0.481 e.